The van der Waals surface area contributed by atoms with Crippen molar-refractivity contribution >= 4 is 17.7 Å². The minimum atomic E-state index is -0.0339. The van der Waals surface area contributed by atoms with Crippen LogP contribution >= 0.6 is 11.8 Å². The van der Waals surface area contributed by atoms with Gasteiger partial charge in [-0.3, -0.25) is 10.1 Å². The zero-order valence-corrected chi connectivity index (χ0v) is 9.52. The van der Waals surface area contributed by atoms with Gasteiger partial charge in [-0.1, -0.05) is 0 Å². The first kappa shape index (κ1) is 12.8. The highest BCUT2D eigenvalue weighted by Gasteiger charge is 2.21. The zero-order valence-electron chi connectivity index (χ0n) is 8.70. The summed E-state index contributed by atoms with van der Waals surface area (Å²) in [6, 6.07) is -0.0339. The van der Waals surface area contributed by atoms with E-state index in [9.17, 15) is 4.79 Å². The topological polar surface area (TPSA) is 70.6 Å². The van der Waals surface area contributed by atoms with Gasteiger partial charge < -0.3 is 15.2 Å². The summed E-state index contributed by atoms with van der Waals surface area (Å²) >= 11 is 1.74. The maximum Gasteiger partial charge on any atom is 0.238 e. The second kappa shape index (κ2) is 7.92. The molecule has 0 aromatic heterocycles. The lowest BCUT2D eigenvalue weighted by molar-refractivity contribution is -0.122. The van der Waals surface area contributed by atoms with Gasteiger partial charge in [-0.2, -0.15) is 0 Å². The van der Waals surface area contributed by atoms with E-state index in [1.807, 2.05) is 0 Å². The summed E-state index contributed by atoms with van der Waals surface area (Å²) < 4.78 is 5.07. The van der Waals surface area contributed by atoms with Crippen molar-refractivity contribution in [3.05, 3.63) is 0 Å². The number of thioether (sulfide) groups is 1. The highest BCUT2D eigenvalue weighted by molar-refractivity contribution is 7.99. The molecule has 5 nitrogen and oxygen atoms in total. The fourth-order valence-electron chi connectivity index (χ4n) is 1.24. The number of nitrogens with one attached hydrogen (secondary N) is 2. The number of hydrogen-bond acceptors (Lipinski definition) is 5. The molecule has 1 fully saturated rings. The molecule has 15 heavy (non-hydrogen) atoms. The van der Waals surface area contributed by atoms with Gasteiger partial charge in [-0.05, 0) is 6.42 Å². The predicted molar refractivity (Wildman–Crippen MR) is 59.8 cm³/mol. The maximum absolute atomic E-state index is 11.5. The fraction of sp³-hybridized carbons (Fsp3) is 0.889. The Bertz CT molecular complexity index is 186. The number of carbonyl (C=O) groups is 1. The van der Waals surface area contributed by atoms with Crippen LogP contribution in [0.5, 0.6) is 0 Å². The van der Waals surface area contributed by atoms with Crippen LogP contribution < -0.4 is 10.6 Å². The first-order valence-electron chi connectivity index (χ1n) is 5.12. The van der Waals surface area contributed by atoms with Crippen LogP contribution in [-0.2, 0) is 9.53 Å². The Morgan fingerprint density at radius 2 is 2.47 bits per heavy atom. The standard InChI is InChI=1S/C9H18N2O3S/c12-3-5-14-4-1-2-10-9(13)8-6-15-7-11-8/h8,11-12H,1-7H2,(H,10,13). The quantitative estimate of drug-likeness (QED) is 0.501. The summed E-state index contributed by atoms with van der Waals surface area (Å²) in [5.41, 5.74) is 0. The molecule has 1 aliphatic rings. The smallest absolute Gasteiger partial charge is 0.238 e. The Morgan fingerprint density at radius 1 is 1.60 bits per heavy atom. The molecule has 0 aromatic carbocycles. The zero-order chi connectivity index (χ0) is 10.9. The van der Waals surface area contributed by atoms with Gasteiger partial charge in [0.15, 0.2) is 0 Å². The molecular weight excluding hydrogens is 216 g/mol. The predicted octanol–water partition coefficient (Wildman–Crippen LogP) is -0.836. The molecule has 1 unspecified atom stereocenters. The van der Waals surface area contributed by atoms with Gasteiger partial charge in [-0.25, -0.2) is 0 Å². The van der Waals surface area contributed by atoms with E-state index in [0.717, 1.165) is 18.1 Å². The SMILES string of the molecule is O=C(NCCCOCCO)C1CSCN1. The summed E-state index contributed by atoms with van der Waals surface area (Å²) in [7, 11) is 0. The van der Waals surface area contributed by atoms with Crippen LogP contribution in [0.3, 0.4) is 0 Å². The number of rotatable bonds is 7. The van der Waals surface area contributed by atoms with Crippen LogP contribution in [-0.4, -0.2) is 55.1 Å². The van der Waals surface area contributed by atoms with Gasteiger partial charge in [-0.15, -0.1) is 11.8 Å². The van der Waals surface area contributed by atoms with Gasteiger partial charge in [0.25, 0.3) is 0 Å². The molecule has 1 amide bonds. The number of amides is 1. The molecule has 1 atom stereocenters. The van der Waals surface area contributed by atoms with E-state index in [0.29, 0.717) is 19.8 Å². The third-order valence-corrected chi connectivity index (χ3v) is 2.97. The minimum Gasteiger partial charge on any atom is -0.394 e. The Balaban J connectivity index is 1.92. The summed E-state index contributed by atoms with van der Waals surface area (Å²) in [6.45, 7) is 1.63. The van der Waals surface area contributed by atoms with Gasteiger partial charge >= 0.3 is 0 Å². The van der Waals surface area contributed by atoms with Gasteiger partial charge in [0.2, 0.25) is 5.91 Å². The molecule has 88 valence electrons. The van der Waals surface area contributed by atoms with E-state index in [-0.39, 0.29) is 18.6 Å². The van der Waals surface area contributed by atoms with Crippen LogP contribution in [0.25, 0.3) is 0 Å². The van der Waals surface area contributed by atoms with Crippen molar-refractivity contribution in [2.45, 2.75) is 12.5 Å². The third-order valence-electron chi connectivity index (χ3n) is 2.03. The Labute approximate surface area is 93.9 Å². The van der Waals surface area contributed by atoms with Gasteiger partial charge in [0.1, 0.15) is 0 Å². The lowest BCUT2D eigenvalue weighted by atomic mass is 10.3. The van der Waals surface area contributed by atoms with Crippen LogP contribution in [0, 0.1) is 0 Å². The van der Waals surface area contributed by atoms with Crippen molar-refractivity contribution in [1.29, 1.82) is 0 Å². The third kappa shape index (κ3) is 5.36. The number of hydrogen-bond donors (Lipinski definition) is 3. The average Bonchev–Trinajstić information content (AvgIpc) is 2.76. The van der Waals surface area contributed by atoms with Crippen molar-refractivity contribution in [2.75, 3.05) is 38.0 Å². The number of aliphatic hydroxyl groups is 1. The molecule has 0 aromatic rings. The summed E-state index contributed by atoms with van der Waals surface area (Å²) in [6.07, 6.45) is 0.783. The molecule has 0 saturated carbocycles. The first-order valence-corrected chi connectivity index (χ1v) is 6.27. The maximum atomic E-state index is 11.5. The Kier molecular flexibility index (Phi) is 6.74. The van der Waals surface area contributed by atoms with E-state index in [1.54, 1.807) is 11.8 Å². The summed E-state index contributed by atoms with van der Waals surface area (Å²) in [5, 5.41) is 14.4. The lowest BCUT2D eigenvalue weighted by Gasteiger charge is -2.10. The molecule has 0 spiro atoms. The highest BCUT2D eigenvalue weighted by Crippen LogP contribution is 2.08. The largest absolute Gasteiger partial charge is 0.394 e. The van der Waals surface area contributed by atoms with Crippen molar-refractivity contribution < 1.29 is 14.6 Å². The number of carbonyl (C=O) groups excluding carboxylic acids is 1. The van der Waals surface area contributed by atoms with Crippen molar-refractivity contribution in [3.63, 3.8) is 0 Å². The van der Waals surface area contributed by atoms with Crippen molar-refractivity contribution in [3.8, 4) is 0 Å². The second-order valence-corrected chi connectivity index (χ2v) is 4.28. The second-order valence-electron chi connectivity index (χ2n) is 3.25. The molecule has 1 saturated heterocycles. The number of ether oxygens (including phenoxy) is 1. The molecular formula is C9H18N2O3S. The molecule has 0 radical (unpaired) electrons. The van der Waals surface area contributed by atoms with Gasteiger partial charge in [0.05, 0.1) is 19.3 Å². The normalized spacial score (nSPS) is 20.5. The van der Waals surface area contributed by atoms with E-state index in [1.165, 1.54) is 0 Å². The molecule has 1 aliphatic heterocycles. The molecule has 6 heteroatoms. The lowest BCUT2D eigenvalue weighted by Crippen LogP contribution is -2.42. The number of aliphatic hydroxyl groups excluding tert-OH is 1. The molecule has 0 bridgehead atoms. The average molecular weight is 234 g/mol. The van der Waals surface area contributed by atoms with Crippen LogP contribution in [0.15, 0.2) is 0 Å². The Hall–Kier alpha value is -0.300. The van der Waals surface area contributed by atoms with E-state index in [2.05, 4.69) is 10.6 Å². The molecule has 1 heterocycles. The van der Waals surface area contributed by atoms with E-state index < -0.39 is 0 Å². The first-order chi connectivity index (χ1) is 7.34. The van der Waals surface area contributed by atoms with Crippen LogP contribution in [0.1, 0.15) is 6.42 Å². The fourth-order valence-corrected chi connectivity index (χ4v) is 2.18. The Morgan fingerprint density at radius 3 is 3.13 bits per heavy atom. The summed E-state index contributed by atoms with van der Waals surface area (Å²) in [5.74, 6) is 1.78. The van der Waals surface area contributed by atoms with Crippen molar-refractivity contribution in [2.24, 2.45) is 0 Å². The summed E-state index contributed by atoms with van der Waals surface area (Å²) in [4.78, 5) is 11.5. The van der Waals surface area contributed by atoms with Crippen molar-refractivity contribution in [1.82, 2.24) is 10.6 Å². The highest BCUT2D eigenvalue weighted by atomic mass is 32.2. The van der Waals surface area contributed by atoms with E-state index >= 15 is 0 Å². The minimum absolute atomic E-state index is 0.0339. The molecule has 3 N–H and O–H groups in total. The van der Waals surface area contributed by atoms with Crippen LogP contribution in [0.2, 0.25) is 0 Å². The molecule has 1 rings (SSSR count). The molecule has 0 aliphatic carbocycles. The monoisotopic (exact) mass is 234 g/mol. The van der Waals surface area contributed by atoms with E-state index in [4.69, 9.17) is 9.84 Å². The van der Waals surface area contributed by atoms with Crippen LogP contribution in [0.4, 0.5) is 0 Å². The van der Waals surface area contributed by atoms with Gasteiger partial charge in [0, 0.05) is 24.8 Å².